The number of nitrogens with zero attached hydrogens (tertiary/aromatic N) is 4. The highest BCUT2D eigenvalue weighted by Crippen LogP contribution is 2.19. The van der Waals surface area contributed by atoms with E-state index >= 15 is 0 Å². The van der Waals surface area contributed by atoms with Gasteiger partial charge in [0.15, 0.2) is 5.57 Å². The van der Waals surface area contributed by atoms with E-state index in [1.165, 1.54) is 0 Å². The Bertz CT molecular complexity index is 1120. The Hall–Kier alpha value is -3.40. The number of allylic oxidation sites excluding steroid dienone is 1. The Morgan fingerprint density at radius 2 is 1.91 bits per heavy atom. The fraction of sp³-hybridized carbons (Fsp3) is 0.118. The van der Waals surface area contributed by atoms with Crippen molar-refractivity contribution in [2.24, 2.45) is 14.1 Å². The molecule has 0 saturated heterocycles. The van der Waals surface area contributed by atoms with Gasteiger partial charge >= 0.3 is 5.69 Å². The van der Waals surface area contributed by atoms with Gasteiger partial charge in [0.1, 0.15) is 23.2 Å². The van der Waals surface area contributed by atoms with Crippen molar-refractivity contribution in [3.05, 3.63) is 51.6 Å². The standard InChI is InChI=1S/C17H11N4O/c1-20-14-5-3-4-13-12(8-11(9-18)10-19)6-7-15(16(13)14)21(2)17(20)22/h3-7H,1-2H3/q+1. The lowest BCUT2D eigenvalue weighted by Gasteiger charge is -2.06. The number of rotatable bonds is 0. The predicted octanol–water partition coefficient (Wildman–Crippen LogP) is 0.588. The zero-order chi connectivity index (χ0) is 15.9. The van der Waals surface area contributed by atoms with Crippen LogP contribution in [0.4, 0.5) is 0 Å². The van der Waals surface area contributed by atoms with Crippen LogP contribution >= 0.6 is 0 Å². The molecule has 22 heavy (non-hydrogen) atoms. The smallest absolute Gasteiger partial charge is 0.197 e. The molecular weight excluding hydrogens is 276 g/mol. The molecule has 0 N–H and O–H groups in total. The summed E-state index contributed by atoms with van der Waals surface area (Å²) in [6.07, 6.45) is 0. The van der Waals surface area contributed by atoms with E-state index in [1.807, 2.05) is 36.4 Å². The molecule has 1 aromatic heterocycles. The maximum absolute atomic E-state index is 12.2. The summed E-state index contributed by atoms with van der Waals surface area (Å²) < 4.78 is 3.16. The first-order valence-electron chi connectivity index (χ1n) is 6.59. The second-order valence-corrected chi connectivity index (χ2v) is 4.96. The molecule has 0 amide bonds. The summed E-state index contributed by atoms with van der Waals surface area (Å²) >= 11 is 0. The molecule has 0 atom stereocenters. The molecular formula is C17H11N4O+. The summed E-state index contributed by atoms with van der Waals surface area (Å²) in [5.74, 6) is 0. The molecule has 3 rings (SSSR count). The fourth-order valence-corrected chi connectivity index (χ4v) is 2.68. The van der Waals surface area contributed by atoms with Crippen LogP contribution in [0.1, 0.15) is 0 Å². The Labute approximate surface area is 125 Å². The summed E-state index contributed by atoms with van der Waals surface area (Å²) in [5.41, 5.74) is 4.25. The molecule has 2 aromatic carbocycles. The van der Waals surface area contributed by atoms with Crippen LogP contribution in [0.5, 0.6) is 0 Å². The minimum Gasteiger partial charge on any atom is -0.197 e. The van der Waals surface area contributed by atoms with Crippen molar-refractivity contribution in [2.45, 2.75) is 0 Å². The number of benzene rings is 2. The molecule has 104 valence electrons. The largest absolute Gasteiger partial charge is 0.498 e. The van der Waals surface area contributed by atoms with Crippen LogP contribution < -0.4 is 15.5 Å². The lowest BCUT2D eigenvalue weighted by atomic mass is 10.0. The van der Waals surface area contributed by atoms with Crippen LogP contribution in [0.2, 0.25) is 0 Å². The molecule has 0 aliphatic rings. The monoisotopic (exact) mass is 287 g/mol. The molecule has 5 nitrogen and oxygen atoms in total. The van der Waals surface area contributed by atoms with Crippen molar-refractivity contribution in [2.75, 3.05) is 0 Å². The van der Waals surface area contributed by atoms with Crippen molar-refractivity contribution in [3.63, 3.8) is 0 Å². The highest BCUT2D eigenvalue weighted by molar-refractivity contribution is 6.05. The molecule has 0 spiro atoms. The molecule has 0 aliphatic heterocycles. The van der Waals surface area contributed by atoms with E-state index in [4.69, 9.17) is 10.5 Å². The zero-order valence-electron chi connectivity index (χ0n) is 12.1. The van der Waals surface area contributed by atoms with Gasteiger partial charge in [0.2, 0.25) is 0 Å². The topological polar surface area (TPSA) is 73.5 Å². The van der Waals surface area contributed by atoms with Gasteiger partial charge in [0.05, 0.1) is 19.5 Å². The van der Waals surface area contributed by atoms with Gasteiger partial charge in [0.25, 0.3) is 0 Å². The number of aromatic nitrogens is 2. The van der Waals surface area contributed by atoms with Crippen molar-refractivity contribution in [1.29, 1.82) is 10.5 Å². The average Bonchev–Trinajstić information content (AvgIpc) is 2.56. The summed E-state index contributed by atoms with van der Waals surface area (Å²) in [6, 6.07) is 12.8. The third-order valence-electron chi connectivity index (χ3n) is 3.78. The van der Waals surface area contributed by atoms with E-state index in [2.05, 4.69) is 5.73 Å². The molecule has 5 heteroatoms. The van der Waals surface area contributed by atoms with Gasteiger partial charge in [-0.15, -0.1) is 0 Å². The molecule has 0 unspecified atom stereocenters. The van der Waals surface area contributed by atoms with Crippen molar-refractivity contribution >= 4 is 27.5 Å². The van der Waals surface area contributed by atoms with Crippen molar-refractivity contribution in [1.82, 2.24) is 4.57 Å². The van der Waals surface area contributed by atoms with E-state index in [0.717, 1.165) is 21.8 Å². The summed E-state index contributed by atoms with van der Waals surface area (Å²) in [7, 11) is 3.44. The van der Waals surface area contributed by atoms with Crippen molar-refractivity contribution in [3.8, 4) is 12.1 Å². The van der Waals surface area contributed by atoms with Crippen LogP contribution in [0.25, 0.3) is 27.5 Å². The van der Waals surface area contributed by atoms with Gasteiger partial charge in [-0.1, -0.05) is 17.9 Å². The Morgan fingerprint density at radius 3 is 2.59 bits per heavy atom. The van der Waals surface area contributed by atoms with E-state index in [9.17, 15) is 4.79 Å². The van der Waals surface area contributed by atoms with Crippen LogP contribution in [0.3, 0.4) is 0 Å². The maximum atomic E-state index is 12.2. The number of nitriles is 2. The number of hydrogen-bond acceptors (Lipinski definition) is 3. The minimum atomic E-state index is -0.109. The third kappa shape index (κ3) is 1.78. The lowest BCUT2D eigenvalue weighted by Crippen LogP contribution is -2.51. The summed E-state index contributed by atoms with van der Waals surface area (Å²) in [5, 5.41) is 20.2. The molecule has 0 saturated carbocycles. The maximum Gasteiger partial charge on any atom is 0.498 e. The van der Waals surface area contributed by atoms with Gasteiger partial charge < -0.3 is 0 Å². The Balaban J connectivity index is 2.73. The zero-order valence-corrected chi connectivity index (χ0v) is 12.1. The van der Waals surface area contributed by atoms with Gasteiger partial charge in [-0.25, -0.2) is 0 Å². The fourth-order valence-electron chi connectivity index (χ4n) is 2.68. The molecule has 0 bridgehead atoms. The van der Waals surface area contributed by atoms with Crippen LogP contribution in [-0.4, -0.2) is 4.57 Å². The minimum absolute atomic E-state index is 0.0747. The van der Waals surface area contributed by atoms with E-state index in [-0.39, 0.29) is 11.3 Å². The quantitative estimate of drug-likeness (QED) is 0.448. The molecule has 3 aromatic rings. The SMILES string of the molecule is Cn1c(=O)[n+](C)c2ccc(=C=C(C#N)C#N)c3cccc1c32. The summed E-state index contributed by atoms with van der Waals surface area (Å²) in [4.78, 5) is 12.2. The first-order chi connectivity index (χ1) is 10.6. The van der Waals surface area contributed by atoms with Crippen molar-refractivity contribution < 1.29 is 4.57 Å². The van der Waals surface area contributed by atoms with E-state index in [0.29, 0.717) is 5.22 Å². The molecule has 0 fully saturated rings. The predicted molar refractivity (Wildman–Crippen MR) is 81.2 cm³/mol. The van der Waals surface area contributed by atoms with E-state index in [1.54, 1.807) is 29.3 Å². The molecule has 0 radical (unpaired) electrons. The van der Waals surface area contributed by atoms with Gasteiger partial charge in [-0.05, 0) is 18.2 Å². The first-order valence-corrected chi connectivity index (χ1v) is 6.59. The second kappa shape index (κ2) is 4.86. The van der Waals surface area contributed by atoms with Gasteiger partial charge in [-0.2, -0.15) is 24.5 Å². The number of hydrogen-bond donors (Lipinski definition) is 0. The Morgan fingerprint density at radius 1 is 1.18 bits per heavy atom. The summed E-state index contributed by atoms with van der Waals surface area (Å²) in [6.45, 7) is 0. The molecule has 1 heterocycles. The Kier molecular flexibility index (Phi) is 3.00. The van der Waals surface area contributed by atoms with Crippen LogP contribution in [0.15, 0.2) is 40.7 Å². The van der Waals surface area contributed by atoms with E-state index < -0.39 is 0 Å². The highest BCUT2D eigenvalue weighted by atomic mass is 16.1. The van der Waals surface area contributed by atoms with Gasteiger partial charge in [-0.3, -0.25) is 0 Å². The van der Waals surface area contributed by atoms with Gasteiger partial charge in [0, 0.05) is 10.6 Å². The molecule has 0 aliphatic carbocycles. The number of aryl methyl sites for hydroxylation is 2. The highest BCUT2D eigenvalue weighted by Gasteiger charge is 2.17. The normalized spacial score (nSPS) is 10.2. The van der Waals surface area contributed by atoms with Crippen LogP contribution in [-0.2, 0) is 14.1 Å². The first kappa shape index (κ1) is 13.6. The third-order valence-corrected chi connectivity index (χ3v) is 3.78. The lowest BCUT2D eigenvalue weighted by molar-refractivity contribution is -0.664. The second-order valence-electron chi connectivity index (χ2n) is 4.96. The average molecular weight is 287 g/mol. The van der Waals surface area contributed by atoms with Crippen LogP contribution in [0, 0.1) is 22.7 Å².